The molecule has 0 amide bonds. The third-order valence-corrected chi connectivity index (χ3v) is 5.17. The molecule has 0 heterocycles. The standard InChI is InChI=1S/C13H18O2.C12H16O2/c1-10(2)12(13(14)15)9-8-11-6-4-3-5-7-11;1-12(2,11(13)14)9-8-10-6-4-3-5-7-10/h3-7,10,12H,8-9H2,1-2H3,(H,14,15);3-7H,8-9H2,1-2H3,(H,13,14). The largest absolute Gasteiger partial charge is 0.481 e. The van der Waals surface area contributed by atoms with Crippen LogP contribution in [0.25, 0.3) is 0 Å². The zero-order valence-electron chi connectivity index (χ0n) is 18.0. The van der Waals surface area contributed by atoms with Crippen molar-refractivity contribution in [3.63, 3.8) is 0 Å². The van der Waals surface area contributed by atoms with Crippen molar-refractivity contribution < 1.29 is 19.8 Å². The summed E-state index contributed by atoms with van der Waals surface area (Å²) in [4.78, 5) is 21.8. The van der Waals surface area contributed by atoms with Crippen LogP contribution in [0.3, 0.4) is 0 Å². The maximum absolute atomic E-state index is 11.0. The highest BCUT2D eigenvalue weighted by atomic mass is 16.4. The van der Waals surface area contributed by atoms with E-state index in [0.717, 1.165) is 19.3 Å². The van der Waals surface area contributed by atoms with Crippen LogP contribution in [0.1, 0.15) is 51.7 Å². The van der Waals surface area contributed by atoms with E-state index in [4.69, 9.17) is 10.2 Å². The van der Waals surface area contributed by atoms with E-state index in [1.54, 1.807) is 13.8 Å². The molecule has 0 radical (unpaired) electrons. The van der Waals surface area contributed by atoms with Gasteiger partial charge in [0, 0.05) is 0 Å². The number of hydrogen-bond donors (Lipinski definition) is 2. The molecule has 0 aromatic heterocycles. The van der Waals surface area contributed by atoms with E-state index in [1.165, 1.54) is 11.1 Å². The van der Waals surface area contributed by atoms with Gasteiger partial charge in [-0.2, -0.15) is 0 Å². The van der Waals surface area contributed by atoms with Gasteiger partial charge in [-0.05, 0) is 56.6 Å². The van der Waals surface area contributed by atoms with Gasteiger partial charge in [-0.15, -0.1) is 0 Å². The zero-order chi connectivity index (χ0) is 21.9. The Bertz CT molecular complexity index is 736. The summed E-state index contributed by atoms with van der Waals surface area (Å²) in [6.07, 6.45) is 3.06. The highest BCUT2D eigenvalue weighted by Crippen LogP contribution is 2.23. The molecule has 158 valence electrons. The molecule has 29 heavy (non-hydrogen) atoms. The molecule has 2 aromatic carbocycles. The summed E-state index contributed by atoms with van der Waals surface area (Å²) < 4.78 is 0. The summed E-state index contributed by atoms with van der Waals surface area (Å²) in [6, 6.07) is 20.0. The molecule has 0 aliphatic rings. The summed E-state index contributed by atoms with van der Waals surface area (Å²) in [6.45, 7) is 7.45. The van der Waals surface area contributed by atoms with Crippen LogP contribution in [0.15, 0.2) is 60.7 Å². The van der Waals surface area contributed by atoms with Crippen LogP contribution in [0.5, 0.6) is 0 Å². The fourth-order valence-corrected chi connectivity index (χ4v) is 2.92. The molecule has 0 saturated carbocycles. The summed E-state index contributed by atoms with van der Waals surface area (Å²) in [5.41, 5.74) is 1.78. The maximum atomic E-state index is 11.0. The Kier molecular flexibility index (Phi) is 10.1. The Hall–Kier alpha value is -2.62. The highest BCUT2D eigenvalue weighted by Gasteiger charge is 2.26. The minimum Gasteiger partial charge on any atom is -0.481 e. The van der Waals surface area contributed by atoms with Gasteiger partial charge in [0.25, 0.3) is 0 Å². The minimum atomic E-state index is -0.728. The minimum absolute atomic E-state index is 0.200. The first kappa shape index (κ1) is 24.4. The molecular formula is C25H34O4. The fourth-order valence-electron chi connectivity index (χ4n) is 2.92. The third-order valence-electron chi connectivity index (χ3n) is 5.17. The molecule has 0 fully saturated rings. The molecule has 0 aliphatic heterocycles. The van der Waals surface area contributed by atoms with Gasteiger partial charge in [-0.1, -0.05) is 74.5 Å². The van der Waals surface area contributed by atoms with E-state index >= 15 is 0 Å². The molecule has 1 atom stereocenters. The van der Waals surface area contributed by atoms with Gasteiger partial charge >= 0.3 is 11.9 Å². The number of aliphatic carboxylic acids is 2. The average molecular weight is 399 g/mol. The van der Waals surface area contributed by atoms with Crippen LogP contribution in [-0.4, -0.2) is 22.2 Å². The number of carboxylic acid groups (broad SMARTS) is 2. The predicted octanol–water partition coefficient (Wildman–Crippen LogP) is 5.71. The van der Waals surface area contributed by atoms with Crippen LogP contribution in [0.4, 0.5) is 0 Å². The number of aryl methyl sites for hydroxylation is 2. The molecular weight excluding hydrogens is 364 g/mol. The van der Waals surface area contributed by atoms with E-state index in [9.17, 15) is 9.59 Å². The molecule has 0 aliphatic carbocycles. The molecule has 4 nitrogen and oxygen atoms in total. The Labute approximate surface area is 174 Å². The lowest BCUT2D eigenvalue weighted by Gasteiger charge is -2.18. The van der Waals surface area contributed by atoms with Gasteiger partial charge < -0.3 is 10.2 Å². The van der Waals surface area contributed by atoms with Gasteiger partial charge in [0.15, 0.2) is 0 Å². The van der Waals surface area contributed by atoms with E-state index in [-0.39, 0.29) is 11.8 Å². The van der Waals surface area contributed by atoms with Gasteiger partial charge in [-0.3, -0.25) is 9.59 Å². The first-order valence-corrected chi connectivity index (χ1v) is 10.2. The monoisotopic (exact) mass is 398 g/mol. The molecule has 2 aromatic rings. The maximum Gasteiger partial charge on any atom is 0.309 e. The van der Waals surface area contributed by atoms with Crippen molar-refractivity contribution in [1.29, 1.82) is 0 Å². The van der Waals surface area contributed by atoms with Crippen molar-refractivity contribution in [3.8, 4) is 0 Å². The number of hydrogen-bond acceptors (Lipinski definition) is 2. The Morgan fingerprint density at radius 1 is 0.828 bits per heavy atom. The molecule has 2 rings (SSSR count). The highest BCUT2D eigenvalue weighted by molar-refractivity contribution is 5.73. The predicted molar refractivity (Wildman–Crippen MR) is 117 cm³/mol. The summed E-state index contributed by atoms with van der Waals surface area (Å²) in [5, 5.41) is 17.9. The van der Waals surface area contributed by atoms with E-state index in [0.29, 0.717) is 6.42 Å². The Balaban J connectivity index is 0.000000291. The van der Waals surface area contributed by atoms with E-state index in [1.807, 2.05) is 74.5 Å². The van der Waals surface area contributed by atoms with Crippen LogP contribution in [0.2, 0.25) is 0 Å². The van der Waals surface area contributed by atoms with Crippen molar-refractivity contribution in [2.24, 2.45) is 17.3 Å². The molecule has 2 N–H and O–H groups in total. The second kappa shape index (κ2) is 12.1. The lowest BCUT2D eigenvalue weighted by Crippen LogP contribution is -2.24. The van der Waals surface area contributed by atoms with Crippen LogP contribution in [0, 0.1) is 17.3 Å². The molecule has 0 bridgehead atoms. The quantitative estimate of drug-likeness (QED) is 0.568. The lowest BCUT2D eigenvalue weighted by atomic mass is 9.86. The number of rotatable bonds is 9. The fraction of sp³-hybridized carbons (Fsp3) is 0.440. The second-order valence-corrected chi connectivity index (χ2v) is 8.39. The molecule has 1 unspecified atom stereocenters. The molecule has 4 heteroatoms. The normalized spacial score (nSPS) is 12.0. The van der Waals surface area contributed by atoms with Crippen LogP contribution < -0.4 is 0 Å². The first-order chi connectivity index (χ1) is 13.6. The van der Waals surface area contributed by atoms with Crippen molar-refractivity contribution in [2.75, 3.05) is 0 Å². The van der Waals surface area contributed by atoms with Gasteiger partial charge in [0.1, 0.15) is 0 Å². The Morgan fingerprint density at radius 3 is 1.66 bits per heavy atom. The number of carbonyl (C=O) groups is 2. The third kappa shape index (κ3) is 9.42. The topological polar surface area (TPSA) is 74.6 Å². The first-order valence-electron chi connectivity index (χ1n) is 10.2. The van der Waals surface area contributed by atoms with Gasteiger partial charge in [0.2, 0.25) is 0 Å². The smallest absolute Gasteiger partial charge is 0.309 e. The van der Waals surface area contributed by atoms with E-state index in [2.05, 4.69) is 0 Å². The number of benzene rings is 2. The summed E-state index contributed by atoms with van der Waals surface area (Å²) >= 11 is 0. The Morgan fingerprint density at radius 2 is 1.28 bits per heavy atom. The lowest BCUT2D eigenvalue weighted by molar-refractivity contribution is -0.147. The van der Waals surface area contributed by atoms with Gasteiger partial charge in [0.05, 0.1) is 11.3 Å². The van der Waals surface area contributed by atoms with Crippen molar-refractivity contribution in [2.45, 2.75) is 53.4 Å². The van der Waals surface area contributed by atoms with E-state index < -0.39 is 17.4 Å². The van der Waals surface area contributed by atoms with Crippen molar-refractivity contribution in [3.05, 3.63) is 71.8 Å². The van der Waals surface area contributed by atoms with Gasteiger partial charge in [-0.25, -0.2) is 0 Å². The molecule has 0 spiro atoms. The SMILES string of the molecule is CC(C)(CCc1ccccc1)C(=O)O.CC(C)C(CCc1ccccc1)C(=O)O. The average Bonchev–Trinajstić information content (AvgIpc) is 2.68. The zero-order valence-corrected chi connectivity index (χ0v) is 18.0. The van der Waals surface area contributed by atoms with Crippen LogP contribution >= 0.6 is 0 Å². The van der Waals surface area contributed by atoms with Crippen LogP contribution in [-0.2, 0) is 22.4 Å². The summed E-state index contributed by atoms with van der Waals surface area (Å²) in [5.74, 6) is -1.44. The molecule has 0 saturated heterocycles. The second-order valence-electron chi connectivity index (χ2n) is 8.39. The van der Waals surface area contributed by atoms with Crippen molar-refractivity contribution in [1.82, 2.24) is 0 Å². The summed E-state index contributed by atoms with van der Waals surface area (Å²) in [7, 11) is 0. The van der Waals surface area contributed by atoms with Crippen molar-refractivity contribution >= 4 is 11.9 Å². The number of carboxylic acids is 2.